The van der Waals surface area contributed by atoms with Crippen LogP contribution in [-0.4, -0.2) is 4.43 Å². The second-order valence-corrected chi connectivity index (χ2v) is 4.50. The first-order chi connectivity index (χ1) is 5.49. The molecule has 0 aromatic heterocycles. The van der Waals surface area contributed by atoms with Crippen LogP contribution in [0.4, 0.5) is 0 Å². The van der Waals surface area contributed by atoms with Gasteiger partial charge in [-0.2, -0.15) is 0 Å². The molecule has 0 nitrogen and oxygen atoms in total. The zero-order chi connectivity index (χ0) is 9.72. The zero-order valence-corrected chi connectivity index (χ0v) is 10.7. The quantitative estimate of drug-likeness (QED) is 0.410. The third kappa shape index (κ3) is 4.29. The highest BCUT2D eigenvalue weighted by molar-refractivity contribution is 14.1. The minimum absolute atomic E-state index is 0.665. The smallest absolute Gasteiger partial charge is 0.00265 e. The minimum atomic E-state index is 0.665. The van der Waals surface area contributed by atoms with Gasteiger partial charge in [-0.25, -0.2) is 0 Å². The van der Waals surface area contributed by atoms with Crippen LogP contribution in [0.2, 0.25) is 0 Å². The van der Waals surface area contributed by atoms with E-state index in [0.717, 1.165) is 5.92 Å². The molecule has 2 unspecified atom stereocenters. The molecule has 0 saturated carbocycles. The molecule has 70 valence electrons. The fourth-order valence-corrected chi connectivity index (χ4v) is 1.64. The van der Waals surface area contributed by atoms with Gasteiger partial charge in [0.2, 0.25) is 0 Å². The summed E-state index contributed by atoms with van der Waals surface area (Å²) in [7, 11) is 0. The largest absolute Gasteiger partial charge is 0.0959 e. The van der Waals surface area contributed by atoms with E-state index in [1.807, 2.05) is 0 Å². The molecule has 0 aliphatic heterocycles. The Hall–Kier alpha value is 0.210. The van der Waals surface area contributed by atoms with Crippen molar-refractivity contribution in [2.45, 2.75) is 27.7 Å². The molecule has 0 bridgehead atoms. The lowest BCUT2D eigenvalue weighted by atomic mass is 9.94. The fourth-order valence-electron chi connectivity index (χ4n) is 0.841. The summed E-state index contributed by atoms with van der Waals surface area (Å²) >= 11 is 2.44. The van der Waals surface area contributed by atoms with Crippen LogP contribution in [0.5, 0.6) is 0 Å². The topological polar surface area (TPSA) is 0 Å². The maximum atomic E-state index is 3.92. The van der Waals surface area contributed by atoms with E-state index in [2.05, 4.69) is 62.9 Å². The van der Waals surface area contributed by atoms with E-state index in [0.29, 0.717) is 5.92 Å². The molecule has 2 atom stereocenters. The summed E-state index contributed by atoms with van der Waals surface area (Å²) in [5, 5.41) is 0. The number of hydrogen-bond donors (Lipinski definition) is 0. The second-order valence-electron chi connectivity index (χ2n) is 3.62. The second kappa shape index (κ2) is 5.79. The molecule has 1 heteroatoms. The average molecular weight is 278 g/mol. The van der Waals surface area contributed by atoms with E-state index in [1.165, 1.54) is 15.6 Å². The van der Waals surface area contributed by atoms with E-state index in [4.69, 9.17) is 0 Å². The van der Waals surface area contributed by atoms with Crippen LogP contribution in [-0.2, 0) is 0 Å². The molecule has 0 aromatic rings. The summed E-state index contributed by atoms with van der Waals surface area (Å²) in [5.74, 6) is 1.43. The van der Waals surface area contributed by atoms with Gasteiger partial charge in [0.25, 0.3) is 0 Å². The van der Waals surface area contributed by atoms with Crippen molar-refractivity contribution in [3.63, 3.8) is 0 Å². The number of rotatable bonds is 4. The summed E-state index contributed by atoms with van der Waals surface area (Å²) in [5.41, 5.74) is 2.52. The molecule has 12 heavy (non-hydrogen) atoms. The van der Waals surface area contributed by atoms with Crippen LogP contribution < -0.4 is 0 Å². The molecule has 0 aromatic carbocycles. The van der Waals surface area contributed by atoms with Crippen molar-refractivity contribution >= 4 is 22.6 Å². The third-order valence-electron chi connectivity index (χ3n) is 2.33. The maximum Gasteiger partial charge on any atom is 0.00265 e. The van der Waals surface area contributed by atoms with Crippen molar-refractivity contribution in [1.29, 1.82) is 0 Å². The first kappa shape index (κ1) is 12.2. The first-order valence-corrected chi connectivity index (χ1v) is 5.91. The minimum Gasteiger partial charge on any atom is -0.0959 e. The van der Waals surface area contributed by atoms with Crippen LogP contribution in [0.3, 0.4) is 0 Å². The van der Waals surface area contributed by atoms with Crippen LogP contribution in [0.15, 0.2) is 23.8 Å². The molecular weight excluding hydrogens is 259 g/mol. The molecule has 0 spiro atoms. The molecule has 0 N–H and O–H groups in total. The Morgan fingerprint density at radius 3 is 2.25 bits per heavy atom. The average Bonchev–Trinajstić information content (AvgIpc) is 2.02. The van der Waals surface area contributed by atoms with Gasteiger partial charge in [-0.3, -0.25) is 0 Å². The van der Waals surface area contributed by atoms with Gasteiger partial charge in [-0.15, -0.1) is 0 Å². The lowest BCUT2D eigenvalue weighted by molar-refractivity contribution is 0.517. The first-order valence-electron chi connectivity index (χ1n) is 4.39. The lowest BCUT2D eigenvalue weighted by Crippen LogP contribution is -2.06. The molecule has 0 saturated heterocycles. The Bertz CT molecular complexity index is 179. The van der Waals surface area contributed by atoms with Crippen molar-refractivity contribution in [1.82, 2.24) is 0 Å². The zero-order valence-electron chi connectivity index (χ0n) is 8.52. The summed E-state index contributed by atoms with van der Waals surface area (Å²) in [6.07, 6.45) is 2.33. The molecule has 0 aliphatic rings. The van der Waals surface area contributed by atoms with E-state index in [1.54, 1.807) is 0 Å². The third-order valence-corrected chi connectivity index (χ3v) is 3.72. The number of alkyl halides is 1. The molecule has 0 aliphatic carbocycles. The lowest BCUT2D eigenvalue weighted by Gasteiger charge is -2.14. The maximum absolute atomic E-state index is 3.92. The van der Waals surface area contributed by atoms with Crippen LogP contribution >= 0.6 is 22.6 Å². The Kier molecular flexibility index (Phi) is 5.89. The predicted molar refractivity (Wildman–Crippen MR) is 65.8 cm³/mol. The molecule has 0 rings (SSSR count). The van der Waals surface area contributed by atoms with Crippen molar-refractivity contribution in [3.05, 3.63) is 23.8 Å². The Morgan fingerprint density at radius 2 is 1.92 bits per heavy atom. The van der Waals surface area contributed by atoms with E-state index in [9.17, 15) is 0 Å². The Labute approximate surface area is 90.3 Å². The Balaban J connectivity index is 4.22. The number of allylic oxidation sites excluding steroid dienone is 3. The highest BCUT2D eigenvalue weighted by Gasteiger charge is 2.07. The van der Waals surface area contributed by atoms with E-state index in [-0.39, 0.29) is 0 Å². The van der Waals surface area contributed by atoms with Gasteiger partial charge in [-0.05, 0) is 25.7 Å². The van der Waals surface area contributed by atoms with Crippen molar-refractivity contribution in [2.24, 2.45) is 11.8 Å². The highest BCUT2D eigenvalue weighted by Crippen LogP contribution is 2.18. The van der Waals surface area contributed by atoms with Gasteiger partial charge in [-0.1, -0.05) is 60.2 Å². The van der Waals surface area contributed by atoms with Gasteiger partial charge in [0, 0.05) is 4.43 Å². The SMILES string of the molecule is C=C(C)/C(C)=C\C(C)C(C)CI. The molecule has 0 heterocycles. The standard InChI is InChI=1S/C11H19I/c1-8(2)9(3)6-10(4)11(5)7-12/h6,10-11H,1,7H2,2-5H3/b9-6-. The normalized spacial score (nSPS) is 17.2. The van der Waals surface area contributed by atoms with Gasteiger partial charge in [0.1, 0.15) is 0 Å². The summed E-state index contributed by atoms with van der Waals surface area (Å²) in [6.45, 7) is 12.7. The summed E-state index contributed by atoms with van der Waals surface area (Å²) < 4.78 is 1.22. The Morgan fingerprint density at radius 1 is 1.42 bits per heavy atom. The predicted octanol–water partition coefficient (Wildman–Crippen LogP) is 4.22. The molecule has 0 fully saturated rings. The molecule has 0 radical (unpaired) electrons. The monoisotopic (exact) mass is 278 g/mol. The van der Waals surface area contributed by atoms with Gasteiger partial charge in [0.05, 0.1) is 0 Å². The molecular formula is C11H19I. The van der Waals surface area contributed by atoms with E-state index < -0.39 is 0 Å². The van der Waals surface area contributed by atoms with Gasteiger partial charge in [0.15, 0.2) is 0 Å². The van der Waals surface area contributed by atoms with E-state index >= 15 is 0 Å². The van der Waals surface area contributed by atoms with Crippen LogP contribution in [0.25, 0.3) is 0 Å². The summed E-state index contributed by atoms with van der Waals surface area (Å²) in [4.78, 5) is 0. The van der Waals surface area contributed by atoms with Crippen molar-refractivity contribution < 1.29 is 0 Å². The summed E-state index contributed by atoms with van der Waals surface area (Å²) in [6, 6.07) is 0. The van der Waals surface area contributed by atoms with Crippen LogP contribution in [0.1, 0.15) is 27.7 Å². The molecule has 0 amide bonds. The number of hydrogen-bond acceptors (Lipinski definition) is 0. The van der Waals surface area contributed by atoms with Crippen molar-refractivity contribution in [2.75, 3.05) is 4.43 Å². The van der Waals surface area contributed by atoms with Crippen molar-refractivity contribution in [3.8, 4) is 0 Å². The van der Waals surface area contributed by atoms with Crippen LogP contribution in [0, 0.1) is 11.8 Å². The fraction of sp³-hybridized carbons (Fsp3) is 0.636. The number of halogens is 1. The van der Waals surface area contributed by atoms with Gasteiger partial charge < -0.3 is 0 Å². The van der Waals surface area contributed by atoms with Gasteiger partial charge >= 0.3 is 0 Å². The highest BCUT2D eigenvalue weighted by atomic mass is 127.